The molecule has 0 bridgehead atoms. The van der Waals surface area contributed by atoms with E-state index in [1.54, 1.807) is 185 Å². The number of aliphatic hydroxyl groups excluding tert-OH is 1. The van der Waals surface area contributed by atoms with E-state index in [1.165, 1.54) is 16.9 Å². The molecule has 0 spiro atoms. The Bertz CT molecular complexity index is 5230. The van der Waals surface area contributed by atoms with Crippen LogP contribution in [-0.2, 0) is 61.9 Å². The summed E-state index contributed by atoms with van der Waals surface area (Å²) in [5.74, 6) is -1.67. The Morgan fingerprint density at radius 1 is 0.479 bits per heavy atom. The third-order valence-corrected chi connectivity index (χ3v) is 23.9. The van der Waals surface area contributed by atoms with Crippen LogP contribution in [0.15, 0.2) is 67.3 Å². The van der Waals surface area contributed by atoms with Crippen LogP contribution in [0.4, 0.5) is 9.59 Å². The lowest BCUT2D eigenvalue weighted by atomic mass is 8.97. The number of nitrogens with zero attached hydrogens (tertiary/aromatic N) is 9. The molecule has 41 heteroatoms. The van der Waals surface area contributed by atoms with E-state index in [4.69, 9.17) is 120 Å². The van der Waals surface area contributed by atoms with Gasteiger partial charge >= 0.3 is 42.0 Å². The molecule has 3 amide bonds. The van der Waals surface area contributed by atoms with Crippen molar-refractivity contribution in [3.8, 4) is 34.9 Å². The number of rotatable bonds is 30. The smallest absolute Gasteiger partial charge is 0.411 e. The van der Waals surface area contributed by atoms with Crippen LogP contribution in [0.5, 0.6) is 34.9 Å². The summed E-state index contributed by atoms with van der Waals surface area (Å²) in [4.78, 5) is 137. The Morgan fingerprint density at radius 2 is 0.812 bits per heavy atom. The number of benzene rings is 3. The molecule has 11 rings (SSSR count). The Hall–Kier alpha value is -9.02. The van der Waals surface area contributed by atoms with Gasteiger partial charge in [-0.3, -0.25) is 24.2 Å². The van der Waals surface area contributed by atoms with E-state index in [1.807, 2.05) is 68.4 Å². The van der Waals surface area contributed by atoms with Gasteiger partial charge in [0.05, 0.1) is 92.5 Å². The van der Waals surface area contributed by atoms with Crippen LogP contribution in [0.2, 0.25) is 15.5 Å². The average Bonchev–Trinajstić information content (AvgIpc) is 1.61. The summed E-state index contributed by atoms with van der Waals surface area (Å²) in [6, 6.07) is 12.9. The van der Waals surface area contributed by atoms with Crippen LogP contribution in [0.25, 0.3) is 33.1 Å². The largest absolute Gasteiger partial charge is 0.497 e. The third-order valence-electron chi connectivity index (χ3n) is 23.1. The van der Waals surface area contributed by atoms with Crippen molar-refractivity contribution in [3.63, 3.8) is 0 Å². The van der Waals surface area contributed by atoms with Gasteiger partial charge < -0.3 is 76.9 Å². The number of ether oxygens (including phenoxy) is 13. The molecule has 3 aromatic heterocycles. The molecule has 144 heavy (non-hydrogen) atoms. The quantitative estimate of drug-likeness (QED) is 0.0139. The number of hydrogen-bond acceptors (Lipinski definition) is 29. The summed E-state index contributed by atoms with van der Waals surface area (Å²) in [5, 5.41) is 13.9. The number of esters is 5. The highest BCUT2D eigenvalue weighted by atomic mass is 35.5. The number of carbonyl (C=O) groups excluding carboxylic acids is 8. The number of likely N-dealkylation sites (tertiary alicyclic amines) is 3. The monoisotopic (exact) mass is 2080 g/mol. The molecule has 0 unspecified atom stereocenters. The van der Waals surface area contributed by atoms with Crippen LogP contribution in [0.3, 0.4) is 0 Å². The number of fused-ring (bicyclic) bond motifs is 3. The predicted molar refractivity (Wildman–Crippen MR) is 569 cm³/mol. The summed E-state index contributed by atoms with van der Waals surface area (Å²) in [7, 11) is 20.5. The number of hydrogen-bond donors (Lipinski definition) is 2. The van der Waals surface area contributed by atoms with Crippen molar-refractivity contribution in [2.75, 3.05) is 47.5 Å². The van der Waals surface area contributed by atoms with E-state index < -0.39 is 136 Å². The van der Waals surface area contributed by atoms with Crippen molar-refractivity contribution in [2.45, 2.75) is 360 Å². The minimum Gasteiger partial charge on any atom is -0.497 e. The molecule has 32 nitrogen and oxygen atoms in total. The molecule has 1 aliphatic carbocycles. The van der Waals surface area contributed by atoms with Gasteiger partial charge in [0.15, 0.2) is 15.5 Å². The molecule has 5 aliphatic rings. The van der Waals surface area contributed by atoms with Gasteiger partial charge in [-0.25, -0.2) is 53.9 Å². The van der Waals surface area contributed by atoms with Crippen molar-refractivity contribution in [1.29, 1.82) is 0 Å². The van der Waals surface area contributed by atoms with Gasteiger partial charge in [0.1, 0.15) is 99.4 Å². The number of β-amino-alcohol motifs (C(OH)–C–C–N with tert-alkyl or cyclic N) is 1. The molecule has 793 valence electrons. The number of aromatic nitrogens is 6. The van der Waals surface area contributed by atoms with Crippen LogP contribution < -0.4 is 33.7 Å². The molecule has 3 aromatic carbocycles. The standard InChI is InChI=1S/C37H52ClN3O7.C26H36ClN3O6.C21H28ClN3O4.C17H31NO5.2CH4.B5.ClH/c1-10-12-13-15-22-18-28(22)46-30(42)20-25(36(3,4)5)34(43)41-21-29(24(14-11-2)31(41)35(44)48-37(6,7)8)47-33-32(38)39-26-17-16-23(45-9)19-27(26)40-33;1-9-10-16-19(34-22-21(27)28-17-12-11-15(33-8)13-18(17)29-22)14-30(24(32)36-26(5,6)7)20(16)23(31)35-25(2,3)4;1-6-7-13-16(11-23-17(13)20(26)29-21(2,3)4)28-19-18(22)24-14-9-8-12(27-5)10-15(14)25-19;1-8-9-11-12(19)10-18(15(21)23-17(5,6)7)13(11)14(20)22-16(2,3)4;;;1-4-5(2)3;/h10,16-17,19,22,24-25,28-29,31H,1,11-15,18,20-21H2,2-9H3;11-13,16,19-20H,9-10,14H2,1-8H3;8-10,13,16-17,23H,6-7,11H2,1-5H3;11-13,19H,8-10H2,1-7H3;2*1H4;;1H/t22-,24-,25-,28-,29+,31+;16-,19+,20+;13-,16+,17+;11-,12+,13+;;;;/m1111..../s1. The number of nitrogens with one attached hydrogen (secondary N) is 1. The summed E-state index contributed by atoms with van der Waals surface area (Å²) < 4.78 is 74.2. The molecule has 15 atom stereocenters. The fraction of sp³-hybridized carbons (Fsp3) is 0.670. The highest BCUT2D eigenvalue weighted by Crippen LogP contribution is 2.45. The van der Waals surface area contributed by atoms with Gasteiger partial charge in [-0.2, -0.15) is 0 Å². The second-order valence-electron chi connectivity index (χ2n) is 43.1. The van der Waals surface area contributed by atoms with Gasteiger partial charge in [-0.05, 0) is 224 Å². The lowest BCUT2D eigenvalue weighted by molar-refractivity contribution is -0.167. The van der Waals surface area contributed by atoms with Crippen LogP contribution >= 0.6 is 47.2 Å². The fourth-order valence-corrected chi connectivity index (χ4v) is 17.5. The normalized spacial score (nSPS) is 21.5. The minimum atomic E-state index is -0.937. The predicted octanol–water partition coefficient (Wildman–Crippen LogP) is 19.0. The summed E-state index contributed by atoms with van der Waals surface area (Å²) in [5.41, 5.74) is -1.18. The van der Waals surface area contributed by atoms with Crippen molar-refractivity contribution >= 4 is 165 Å². The Balaban J connectivity index is 0.000000403. The first kappa shape index (κ1) is 127. The lowest BCUT2D eigenvalue weighted by Crippen LogP contribution is -2.50. The summed E-state index contributed by atoms with van der Waals surface area (Å²) in [6.45, 7) is 50.7. The zero-order valence-corrected chi connectivity index (χ0v) is 91.2. The number of aliphatic hydroxyl groups is 1. The van der Waals surface area contributed by atoms with Crippen molar-refractivity contribution < 1.29 is 105 Å². The molecule has 7 heterocycles. The van der Waals surface area contributed by atoms with Gasteiger partial charge in [0.25, 0.3) is 17.6 Å². The Morgan fingerprint density at radius 3 is 1.16 bits per heavy atom. The average molecular weight is 2080 g/mol. The maximum atomic E-state index is 14.6. The number of allylic oxidation sites excluding steroid dienone is 1. The molecule has 2 N–H and O–H groups in total. The maximum absolute atomic E-state index is 14.6. The van der Waals surface area contributed by atoms with E-state index in [9.17, 15) is 43.5 Å². The van der Waals surface area contributed by atoms with E-state index in [0.29, 0.717) is 82.1 Å². The molecule has 5 fully saturated rings. The highest BCUT2D eigenvalue weighted by Gasteiger charge is 2.56. The van der Waals surface area contributed by atoms with E-state index >= 15 is 0 Å². The van der Waals surface area contributed by atoms with E-state index in [-0.39, 0.29) is 128 Å². The lowest BCUT2D eigenvalue weighted by Gasteiger charge is -2.35. The number of amides is 3. The molecular formula is C103H156B5Cl4N10O22. The van der Waals surface area contributed by atoms with Crippen molar-refractivity contribution in [3.05, 3.63) is 82.7 Å². The molecule has 4 saturated heterocycles. The zero-order chi connectivity index (χ0) is 106. The second-order valence-corrected chi connectivity index (χ2v) is 44.2. The number of halogens is 4. The Labute approximate surface area is 880 Å². The highest BCUT2D eigenvalue weighted by molar-refractivity contribution is 7.60. The van der Waals surface area contributed by atoms with Gasteiger partial charge in [0.2, 0.25) is 5.91 Å². The summed E-state index contributed by atoms with van der Waals surface area (Å²) >= 11 is 19.3. The third kappa shape index (κ3) is 38.3. The van der Waals surface area contributed by atoms with Crippen molar-refractivity contribution in [2.24, 2.45) is 40.9 Å². The first-order chi connectivity index (χ1) is 65.6. The first-order valence-electron chi connectivity index (χ1n) is 48.7. The first-order valence-corrected chi connectivity index (χ1v) is 49.8. The number of carbonyl (C=O) groups is 8. The topological polar surface area (TPSA) is 376 Å². The van der Waals surface area contributed by atoms with Gasteiger partial charge in [0, 0.05) is 85.1 Å². The minimum absolute atomic E-state index is 0. The van der Waals surface area contributed by atoms with E-state index in [2.05, 4.69) is 48.7 Å². The molecule has 4 aliphatic heterocycles. The van der Waals surface area contributed by atoms with Crippen LogP contribution in [0.1, 0.15) is 271 Å². The van der Waals surface area contributed by atoms with Crippen molar-refractivity contribution in [1.82, 2.24) is 49.9 Å². The maximum Gasteiger partial charge on any atom is 0.411 e. The van der Waals surface area contributed by atoms with Crippen LogP contribution in [0, 0.1) is 40.9 Å². The van der Waals surface area contributed by atoms with Gasteiger partial charge in [-0.15, -0.1) is 19.0 Å². The summed E-state index contributed by atoms with van der Waals surface area (Å²) in [6.07, 6.45) is 7.43. The fourth-order valence-electron chi connectivity index (χ4n) is 16.9. The SMILES string of the molecule is C.C.C=CCCC[C@@H]1C[C@H]1OC(=O)C[C@H](C(=O)N1C[C@H](Oc2nc3cc(OC)ccc3nc2Cl)[C@@H](CCC)[C@H]1C(=O)OC(C)(C)C)C(C)(C)C.CCC[C@@H]1[C@@H](Oc2nc3cc(OC)ccc3nc2Cl)CN(C(=O)OC(C)(C)C)[C@@H]1C(=O)OC(C)(C)C.CCC[C@@H]1[C@@H](Oc2nc3cc(OC)ccc3nc2Cl)CN[C@@H]1C(=O)OC(C)(C)C.CCC[C@H]1[C@@H](C(=O)OC(C)(C)C)N(C(=O)OC(C)(C)C)C[C@@H]1O.Cl.[B][B]B([B])[B]. The van der Waals surface area contributed by atoms with E-state index in [0.717, 1.165) is 57.8 Å². The molecular weight excluding hydrogens is 1930 g/mol. The molecule has 1 saturated carbocycles. The van der Waals surface area contributed by atoms with Crippen LogP contribution in [-0.4, -0.2) is 270 Å². The molecule has 7 radical (unpaired) electrons. The Kier molecular flexibility index (Phi) is 48.9. The number of unbranched alkanes of at least 4 members (excludes halogenated alkanes) is 1. The molecule has 6 aromatic rings. The van der Waals surface area contributed by atoms with Gasteiger partial charge in [-0.1, -0.05) is 130 Å². The zero-order valence-electron chi connectivity index (χ0n) is 88.1. The number of methoxy groups -OCH3 is 3. The second kappa shape index (κ2) is 55.3.